The van der Waals surface area contributed by atoms with Crippen LogP contribution in [0.2, 0.25) is 0 Å². The van der Waals surface area contributed by atoms with Gasteiger partial charge in [-0.3, -0.25) is 0 Å². The minimum atomic E-state index is 0.333. The van der Waals surface area contributed by atoms with Gasteiger partial charge in [-0.2, -0.15) is 0 Å². The molecule has 0 aliphatic rings. The van der Waals surface area contributed by atoms with Crippen LogP contribution in [0.3, 0.4) is 0 Å². The first-order valence-corrected chi connectivity index (χ1v) is 3.93. The molecule has 0 rings (SSSR count). The summed E-state index contributed by atoms with van der Waals surface area (Å²) < 4.78 is 0. The molecule has 0 heterocycles. The molecule has 0 aliphatic heterocycles. The summed E-state index contributed by atoms with van der Waals surface area (Å²) in [5.41, 5.74) is 10.8. The Balaban J connectivity index is 2.77. The van der Waals surface area contributed by atoms with Gasteiger partial charge in [-0.25, -0.2) is 0 Å². The van der Waals surface area contributed by atoms with E-state index >= 15 is 0 Å². The van der Waals surface area contributed by atoms with Crippen molar-refractivity contribution >= 4 is 0 Å². The Labute approximate surface area is 63.2 Å². The van der Waals surface area contributed by atoms with Crippen molar-refractivity contribution in [3.05, 3.63) is 0 Å². The third kappa shape index (κ3) is 7.88. The second-order valence-electron chi connectivity index (χ2n) is 2.66. The molecule has 0 radical (unpaired) electrons. The van der Waals surface area contributed by atoms with Crippen molar-refractivity contribution in [1.29, 1.82) is 0 Å². The van der Waals surface area contributed by atoms with Crippen LogP contribution in [0.25, 0.3) is 0 Å². The van der Waals surface area contributed by atoms with Gasteiger partial charge in [0.15, 0.2) is 0 Å². The van der Waals surface area contributed by atoms with Crippen molar-refractivity contribution in [2.75, 3.05) is 19.6 Å². The van der Waals surface area contributed by atoms with E-state index in [2.05, 4.69) is 5.32 Å². The summed E-state index contributed by atoms with van der Waals surface area (Å²) in [5, 5.41) is 3.21. The molecule has 0 aliphatic carbocycles. The Bertz CT molecular complexity index is 63.9. The summed E-state index contributed by atoms with van der Waals surface area (Å²) in [6.45, 7) is 4.71. The Morgan fingerprint density at radius 3 is 2.60 bits per heavy atom. The highest BCUT2D eigenvalue weighted by molar-refractivity contribution is 4.55. The fourth-order valence-corrected chi connectivity index (χ4v) is 0.776. The van der Waals surface area contributed by atoms with E-state index in [-0.39, 0.29) is 0 Å². The van der Waals surface area contributed by atoms with E-state index in [1.165, 1.54) is 0 Å². The fourth-order valence-electron chi connectivity index (χ4n) is 0.776. The van der Waals surface area contributed by atoms with Crippen LogP contribution in [0.5, 0.6) is 0 Å². The maximum atomic E-state index is 5.55. The monoisotopic (exact) mass is 145 g/mol. The molecular weight excluding hydrogens is 126 g/mol. The number of nitrogens with one attached hydrogen (secondary N) is 1. The predicted octanol–water partition coefficient (Wildman–Crippen LogP) is -0.338. The molecule has 10 heavy (non-hydrogen) atoms. The molecule has 0 saturated heterocycles. The molecule has 0 spiro atoms. The lowest BCUT2D eigenvalue weighted by Gasteiger charge is -2.04. The topological polar surface area (TPSA) is 64.1 Å². The van der Waals surface area contributed by atoms with Crippen molar-refractivity contribution in [2.24, 2.45) is 11.5 Å². The average Bonchev–Trinajstić information content (AvgIpc) is 1.87. The standard InChI is InChI=1S/C7H19N3/c1-7(9)3-2-5-10-6-4-8/h7,10H,2-6,8-9H2,1H3. The van der Waals surface area contributed by atoms with Gasteiger partial charge < -0.3 is 16.8 Å². The zero-order chi connectivity index (χ0) is 7.82. The largest absolute Gasteiger partial charge is 0.329 e. The van der Waals surface area contributed by atoms with Gasteiger partial charge in [-0.15, -0.1) is 0 Å². The lowest BCUT2D eigenvalue weighted by Crippen LogP contribution is -2.25. The van der Waals surface area contributed by atoms with Gasteiger partial charge in [0.2, 0.25) is 0 Å². The van der Waals surface area contributed by atoms with E-state index < -0.39 is 0 Å². The van der Waals surface area contributed by atoms with E-state index in [0.29, 0.717) is 6.04 Å². The minimum absolute atomic E-state index is 0.333. The van der Waals surface area contributed by atoms with Crippen LogP contribution in [0, 0.1) is 0 Å². The van der Waals surface area contributed by atoms with Gasteiger partial charge in [0.1, 0.15) is 0 Å². The van der Waals surface area contributed by atoms with Gasteiger partial charge in [-0.1, -0.05) is 0 Å². The van der Waals surface area contributed by atoms with Gasteiger partial charge >= 0.3 is 0 Å². The second-order valence-corrected chi connectivity index (χ2v) is 2.66. The molecule has 0 aromatic carbocycles. The second kappa shape index (κ2) is 6.99. The van der Waals surface area contributed by atoms with E-state index in [9.17, 15) is 0 Å². The quantitative estimate of drug-likeness (QED) is 0.448. The molecule has 1 unspecified atom stereocenters. The maximum Gasteiger partial charge on any atom is 0.00745 e. The van der Waals surface area contributed by atoms with Crippen LogP contribution < -0.4 is 16.8 Å². The molecule has 3 heteroatoms. The van der Waals surface area contributed by atoms with Crippen molar-refractivity contribution in [3.63, 3.8) is 0 Å². The minimum Gasteiger partial charge on any atom is -0.329 e. The Hall–Kier alpha value is -0.120. The first-order valence-electron chi connectivity index (χ1n) is 3.93. The van der Waals surface area contributed by atoms with Crippen molar-refractivity contribution < 1.29 is 0 Å². The maximum absolute atomic E-state index is 5.55. The van der Waals surface area contributed by atoms with Gasteiger partial charge in [-0.05, 0) is 26.3 Å². The molecular formula is C7H19N3. The lowest BCUT2D eigenvalue weighted by molar-refractivity contribution is 0.578. The summed E-state index contributed by atoms with van der Waals surface area (Å²) in [5.74, 6) is 0. The number of rotatable bonds is 6. The third-order valence-corrected chi connectivity index (χ3v) is 1.33. The first-order chi connectivity index (χ1) is 4.77. The average molecular weight is 145 g/mol. The van der Waals surface area contributed by atoms with Crippen molar-refractivity contribution in [1.82, 2.24) is 5.32 Å². The molecule has 62 valence electrons. The van der Waals surface area contributed by atoms with Crippen LogP contribution in [0.1, 0.15) is 19.8 Å². The van der Waals surface area contributed by atoms with Gasteiger partial charge in [0.25, 0.3) is 0 Å². The molecule has 3 nitrogen and oxygen atoms in total. The first kappa shape index (κ1) is 9.88. The number of hydrogen-bond donors (Lipinski definition) is 3. The van der Waals surface area contributed by atoms with Crippen LogP contribution >= 0.6 is 0 Å². The fraction of sp³-hybridized carbons (Fsp3) is 1.00. The third-order valence-electron chi connectivity index (χ3n) is 1.33. The van der Waals surface area contributed by atoms with Crippen molar-refractivity contribution in [2.45, 2.75) is 25.8 Å². The highest BCUT2D eigenvalue weighted by atomic mass is 14.9. The molecule has 0 saturated carbocycles. The normalized spacial score (nSPS) is 13.5. The zero-order valence-corrected chi connectivity index (χ0v) is 6.77. The van der Waals surface area contributed by atoms with E-state index in [0.717, 1.165) is 32.5 Å². The summed E-state index contributed by atoms with van der Waals surface area (Å²) in [6.07, 6.45) is 2.25. The SMILES string of the molecule is CC(N)CCCNCCN. The summed E-state index contributed by atoms with van der Waals surface area (Å²) >= 11 is 0. The smallest absolute Gasteiger partial charge is 0.00745 e. The van der Waals surface area contributed by atoms with Crippen LogP contribution in [-0.2, 0) is 0 Å². The molecule has 0 bridgehead atoms. The van der Waals surface area contributed by atoms with E-state index in [1.807, 2.05) is 6.92 Å². The van der Waals surface area contributed by atoms with Crippen LogP contribution in [0.4, 0.5) is 0 Å². The predicted molar refractivity (Wildman–Crippen MR) is 44.8 cm³/mol. The number of hydrogen-bond acceptors (Lipinski definition) is 3. The molecule has 0 aromatic rings. The molecule has 1 atom stereocenters. The van der Waals surface area contributed by atoms with Crippen molar-refractivity contribution in [3.8, 4) is 0 Å². The summed E-state index contributed by atoms with van der Waals surface area (Å²) in [7, 11) is 0. The molecule has 5 N–H and O–H groups in total. The molecule has 0 aromatic heterocycles. The molecule has 0 fully saturated rings. The van der Waals surface area contributed by atoms with E-state index in [4.69, 9.17) is 11.5 Å². The Kier molecular flexibility index (Phi) is 6.91. The lowest BCUT2D eigenvalue weighted by atomic mass is 10.2. The summed E-state index contributed by atoms with van der Waals surface area (Å²) in [6, 6.07) is 0.333. The van der Waals surface area contributed by atoms with Crippen LogP contribution in [-0.4, -0.2) is 25.7 Å². The molecule has 0 amide bonds. The van der Waals surface area contributed by atoms with E-state index in [1.54, 1.807) is 0 Å². The van der Waals surface area contributed by atoms with Gasteiger partial charge in [0.05, 0.1) is 0 Å². The van der Waals surface area contributed by atoms with Crippen LogP contribution in [0.15, 0.2) is 0 Å². The Morgan fingerprint density at radius 1 is 1.40 bits per heavy atom. The number of nitrogens with two attached hydrogens (primary N) is 2. The highest BCUT2D eigenvalue weighted by Crippen LogP contribution is 1.89. The highest BCUT2D eigenvalue weighted by Gasteiger charge is 1.91. The van der Waals surface area contributed by atoms with Gasteiger partial charge in [0, 0.05) is 19.1 Å². The zero-order valence-electron chi connectivity index (χ0n) is 6.77. The summed E-state index contributed by atoms with van der Waals surface area (Å²) in [4.78, 5) is 0. The Morgan fingerprint density at radius 2 is 2.10 bits per heavy atom.